The summed E-state index contributed by atoms with van der Waals surface area (Å²) in [6, 6.07) is 2.84. The summed E-state index contributed by atoms with van der Waals surface area (Å²) in [6.07, 6.45) is 13.3. The van der Waals surface area contributed by atoms with Gasteiger partial charge in [0.25, 0.3) is 0 Å². The molecule has 0 aliphatic heterocycles. The zero-order chi connectivity index (χ0) is 14.8. The van der Waals surface area contributed by atoms with Gasteiger partial charge in [0.1, 0.15) is 0 Å². The van der Waals surface area contributed by atoms with Crippen LogP contribution in [0, 0.1) is 0 Å². The quantitative estimate of drug-likeness (QED) is 0.610. The minimum atomic E-state index is 0.700. The third kappa shape index (κ3) is 6.13. The Hall–Kier alpha value is -0.0800. The van der Waals surface area contributed by atoms with Crippen LogP contribution >= 0.6 is 0 Å². The van der Waals surface area contributed by atoms with Crippen molar-refractivity contribution in [3.8, 4) is 0 Å². The van der Waals surface area contributed by atoms with E-state index in [1.54, 1.807) is 0 Å². The van der Waals surface area contributed by atoms with Gasteiger partial charge in [-0.1, -0.05) is 53.4 Å². The highest BCUT2D eigenvalue weighted by Crippen LogP contribution is 2.21. The lowest BCUT2D eigenvalue weighted by atomic mass is 9.88. The summed E-state index contributed by atoms with van der Waals surface area (Å²) in [5.74, 6) is 0. The van der Waals surface area contributed by atoms with Crippen LogP contribution in [-0.2, 0) is 0 Å². The third-order valence-corrected chi connectivity index (χ3v) is 4.93. The van der Waals surface area contributed by atoms with Gasteiger partial charge in [0.05, 0.1) is 0 Å². The Labute approximate surface area is 127 Å². The molecule has 4 unspecified atom stereocenters. The summed E-state index contributed by atoms with van der Waals surface area (Å²) in [6.45, 7) is 9.25. The van der Waals surface area contributed by atoms with Crippen molar-refractivity contribution in [1.29, 1.82) is 0 Å². The van der Waals surface area contributed by atoms with Crippen molar-refractivity contribution < 1.29 is 0 Å². The summed E-state index contributed by atoms with van der Waals surface area (Å²) in [5.41, 5.74) is 0. The highest BCUT2D eigenvalue weighted by Gasteiger charge is 2.27. The molecule has 0 aromatic heterocycles. The minimum Gasteiger partial charge on any atom is -0.310 e. The zero-order valence-electron chi connectivity index (χ0n) is 14.4. The summed E-state index contributed by atoms with van der Waals surface area (Å²) >= 11 is 0. The lowest BCUT2D eigenvalue weighted by Crippen LogP contribution is -2.55. The minimum absolute atomic E-state index is 0.700. The van der Waals surface area contributed by atoms with E-state index in [4.69, 9.17) is 0 Å². The molecule has 20 heavy (non-hydrogen) atoms. The molecule has 2 heteroatoms. The molecule has 1 saturated carbocycles. The molecule has 1 aliphatic rings. The first-order valence-corrected chi connectivity index (χ1v) is 9.27. The number of nitrogens with one attached hydrogen (secondary N) is 2. The molecule has 1 rings (SSSR count). The lowest BCUT2D eigenvalue weighted by molar-refractivity contribution is 0.233. The van der Waals surface area contributed by atoms with Crippen LogP contribution in [0.4, 0.5) is 0 Å². The van der Waals surface area contributed by atoms with Crippen LogP contribution in [0.5, 0.6) is 0 Å². The highest BCUT2D eigenvalue weighted by molar-refractivity contribution is 4.90. The van der Waals surface area contributed by atoms with E-state index in [0.717, 1.165) is 12.1 Å². The van der Waals surface area contributed by atoms with Crippen LogP contribution in [0.2, 0.25) is 0 Å². The van der Waals surface area contributed by atoms with Crippen LogP contribution in [0.25, 0.3) is 0 Å². The molecule has 1 aliphatic carbocycles. The van der Waals surface area contributed by atoms with Crippen molar-refractivity contribution in [2.24, 2.45) is 0 Å². The Balaban J connectivity index is 2.51. The molecule has 2 nitrogen and oxygen atoms in total. The second-order valence-corrected chi connectivity index (χ2v) is 6.62. The molecular weight excluding hydrogens is 244 g/mol. The summed E-state index contributed by atoms with van der Waals surface area (Å²) in [4.78, 5) is 0. The molecule has 4 atom stereocenters. The lowest BCUT2D eigenvalue weighted by Gasteiger charge is -2.38. The van der Waals surface area contributed by atoms with Crippen molar-refractivity contribution in [1.82, 2.24) is 10.6 Å². The van der Waals surface area contributed by atoms with Crippen LogP contribution in [-0.4, -0.2) is 24.2 Å². The fraction of sp³-hybridized carbons (Fsp3) is 1.00. The smallest absolute Gasteiger partial charge is 0.0223 e. The second kappa shape index (κ2) is 10.6. The van der Waals surface area contributed by atoms with Crippen LogP contribution in [0.1, 0.15) is 91.9 Å². The van der Waals surface area contributed by atoms with E-state index < -0.39 is 0 Å². The monoisotopic (exact) mass is 282 g/mol. The van der Waals surface area contributed by atoms with E-state index in [1.165, 1.54) is 64.2 Å². The average Bonchev–Trinajstić information content (AvgIpc) is 2.48. The van der Waals surface area contributed by atoms with Gasteiger partial charge in [-0.3, -0.25) is 0 Å². The van der Waals surface area contributed by atoms with Gasteiger partial charge in [-0.15, -0.1) is 0 Å². The molecular formula is C18H38N2. The number of rotatable bonds is 10. The normalized spacial score (nSPS) is 26.4. The standard InChI is InChI=1S/C18H38N2/c1-5-11-15(7-3)19-17-13-9-10-14-18(17)20-16(8-4)12-6-2/h15-20H,5-14H2,1-4H3. The Bertz CT molecular complexity index is 205. The summed E-state index contributed by atoms with van der Waals surface area (Å²) in [7, 11) is 0. The molecule has 0 bridgehead atoms. The SMILES string of the molecule is CCCC(CC)NC1CCCCC1NC(CC)CCC. The highest BCUT2D eigenvalue weighted by atomic mass is 15.1. The van der Waals surface area contributed by atoms with Gasteiger partial charge >= 0.3 is 0 Å². The predicted octanol–water partition coefficient (Wildman–Crippen LogP) is 4.63. The van der Waals surface area contributed by atoms with E-state index in [-0.39, 0.29) is 0 Å². The van der Waals surface area contributed by atoms with Crippen molar-refractivity contribution >= 4 is 0 Å². The molecule has 0 amide bonds. The molecule has 120 valence electrons. The van der Waals surface area contributed by atoms with Crippen LogP contribution in [0.3, 0.4) is 0 Å². The van der Waals surface area contributed by atoms with Crippen molar-refractivity contribution in [3.05, 3.63) is 0 Å². The molecule has 0 aromatic carbocycles. The van der Waals surface area contributed by atoms with Crippen molar-refractivity contribution in [2.75, 3.05) is 0 Å². The first kappa shape index (κ1) is 18.0. The van der Waals surface area contributed by atoms with Gasteiger partial charge in [-0.25, -0.2) is 0 Å². The Kier molecular flexibility index (Phi) is 9.54. The van der Waals surface area contributed by atoms with Crippen LogP contribution in [0.15, 0.2) is 0 Å². The zero-order valence-corrected chi connectivity index (χ0v) is 14.4. The fourth-order valence-electron chi connectivity index (χ4n) is 3.64. The first-order chi connectivity index (χ1) is 9.74. The molecule has 2 N–H and O–H groups in total. The van der Waals surface area contributed by atoms with Gasteiger partial charge in [-0.2, -0.15) is 0 Å². The van der Waals surface area contributed by atoms with Gasteiger partial charge in [0.15, 0.2) is 0 Å². The maximum absolute atomic E-state index is 3.97. The maximum Gasteiger partial charge on any atom is 0.0223 e. The van der Waals surface area contributed by atoms with E-state index in [2.05, 4.69) is 38.3 Å². The van der Waals surface area contributed by atoms with Crippen LogP contribution < -0.4 is 10.6 Å². The largest absolute Gasteiger partial charge is 0.310 e. The topological polar surface area (TPSA) is 24.1 Å². The first-order valence-electron chi connectivity index (χ1n) is 9.27. The molecule has 0 radical (unpaired) electrons. The van der Waals surface area contributed by atoms with E-state index in [0.29, 0.717) is 12.1 Å². The molecule has 0 aromatic rings. The molecule has 0 spiro atoms. The Morgan fingerprint density at radius 2 is 1.15 bits per heavy atom. The third-order valence-electron chi connectivity index (χ3n) is 4.93. The van der Waals surface area contributed by atoms with Gasteiger partial charge < -0.3 is 10.6 Å². The van der Waals surface area contributed by atoms with E-state index >= 15 is 0 Å². The second-order valence-electron chi connectivity index (χ2n) is 6.62. The Morgan fingerprint density at radius 3 is 1.45 bits per heavy atom. The summed E-state index contributed by atoms with van der Waals surface area (Å²) < 4.78 is 0. The van der Waals surface area contributed by atoms with E-state index in [9.17, 15) is 0 Å². The fourth-order valence-corrected chi connectivity index (χ4v) is 3.64. The molecule has 1 fully saturated rings. The van der Waals surface area contributed by atoms with E-state index in [1.807, 2.05) is 0 Å². The molecule has 0 saturated heterocycles. The molecule has 0 heterocycles. The number of hydrogen-bond donors (Lipinski definition) is 2. The number of hydrogen-bond acceptors (Lipinski definition) is 2. The van der Waals surface area contributed by atoms with Gasteiger partial charge in [-0.05, 0) is 38.5 Å². The Morgan fingerprint density at radius 1 is 0.750 bits per heavy atom. The van der Waals surface area contributed by atoms with Gasteiger partial charge in [0.2, 0.25) is 0 Å². The van der Waals surface area contributed by atoms with Gasteiger partial charge in [0, 0.05) is 24.2 Å². The van der Waals surface area contributed by atoms with Crippen molar-refractivity contribution in [2.45, 2.75) is 116 Å². The maximum atomic E-state index is 3.97. The van der Waals surface area contributed by atoms with Crippen molar-refractivity contribution in [3.63, 3.8) is 0 Å². The summed E-state index contributed by atoms with van der Waals surface area (Å²) in [5, 5.41) is 7.93. The predicted molar refractivity (Wildman–Crippen MR) is 90.3 cm³/mol. The average molecular weight is 283 g/mol.